The Labute approximate surface area is 158 Å². The SMILES string of the molecule is CCCCCCCCCCC(CCCC1=CC(=O)OC1O)C(=O)OCC. The Morgan fingerprint density at radius 2 is 1.69 bits per heavy atom. The summed E-state index contributed by atoms with van der Waals surface area (Å²) in [6.45, 7) is 4.46. The van der Waals surface area contributed by atoms with Crippen molar-refractivity contribution in [3.05, 3.63) is 11.6 Å². The molecule has 0 saturated heterocycles. The van der Waals surface area contributed by atoms with Crippen molar-refractivity contribution in [1.29, 1.82) is 0 Å². The zero-order valence-electron chi connectivity index (χ0n) is 16.5. The summed E-state index contributed by atoms with van der Waals surface area (Å²) in [5, 5.41) is 9.59. The smallest absolute Gasteiger partial charge is 0.333 e. The average molecular weight is 369 g/mol. The van der Waals surface area contributed by atoms with E-state index in [9.17, 15) is 14.7 Å². The average Bonchev–Trinajstić information content (AvgIpc) is 2.93. The van der Waals surface area contributed by atoms with Gasteiger partial charge in [-0.05, 0) is 32.6 Å². The lowest BCUT2D eigenvalue weighted by molar-refractivity contribution is -0.151. The molecule has 0 spiro atoms. The van der Waals surface area contributed by atoms with E-state index in [1.807, 2.05) is 6.92 Å². The van der Waals surface area contributed by atoms with Crippen LogP contribution in [0.5, 0.6) is 0 Å². The van der Waals surface area contributed by atoms with Crippen LogP contribution in [0.1, 0.15) is 90.9 Å². The molecule has 0 bridgehead atoms. The van der Waals surface area contributed by atoms with Crippen molar-refractivity contribution >= 4 is 11.9 Å². The Kier molecular flexibility index (Phi) is 12.0. The van der Waals surface area contributed by atoms with Crippen molar-refractivity contribution in [1.82, 2.24) is 0 Å². The first kappa shape index (κ1) is 22.7. The van der Waals surface area contributed by atoms with Crippen molar-refractivity contribution in [2.24, 2.45) is 5.92 Å². The van der Waals surface area contributed by atoms with Crippen LogP contribution in [0.4, 0.5) is 0 Å². The van der Waals surface area contributed by atoms with E-state index in [0.717, 1.165) is 25.7 Å². The molecule has 0 aliphatic carbocycles. The zero-order valence-corrected chi connectivity index (χ0v) is 16.5. The number of cyclic esters (lactones) is 1. The lowest BCUT2D eigenvalue weighted by Gasteiger charge is -2.16. The summed E-state index contributed by atoms with van der Waals surface area (Å²) in [5.74, 6) is -0.706. The quantitative estimate of drug-likeness (QED) is 0.336. The van der Waals surface area contributed by atoms with E-state index in [4.69, 9.17) is 4.74 Å². The molecule has 0 fully saturated rings. The van der Waals surface area contributed by atoms with Gasteiger partial charge in [0.1, 0.15) is 0 Å². The Morgan fingerprint density at radius 3 is 2.27 bits per heavy atom. The highest BCUT2D eigenvalue weighted by molar-refractivity contribution is 5.85. The second-order valence-corrected chi connectivity index (χ2v) is 7.11. The van der Waals surface area contributed by atoms with Crippen LogP contribution in [-0.2, 0) is 19.1 Å². The van der Waals surface area contributed by atoms with Gasteiger partial charge in [0.05, 0.1) is 12.5 Å². The van der Waals surface area contributed by atoms with Gasteiger partial charge < -0.3 is 14.6 Å². The minimum atomic E-state index is -1.11. The fraction of sp³-hybridized carbons (Fsp3) is 0.810. The van der Waals surface area contributed by atoms with Crippen molar-refractivity contribution in [3.63, 3.8) is 0 Å². The number of carbonyl (C=O) groups excluding carboxylic acids is 2. The molecule has 0 radical (unpaired) electrons. The summed E-state index contributed by atoms with van der Waals surface area (Å²) in [4.78, 5) is 23.3. The van der Waals surface area contributed by atoms with E-state index in [2.05, 4.69) is 11.7 Å². The maximum Gasteiger partial charge on any atom is 0.333 e. The molecule has 150 valence electrons. The molecule has 5 nitrogen and oxygen atoms in total. The molecule has 1 aliphatic heterocycles. The van der Waals surface area contributed by atoms with E-state index in [1.54, 1.807) is 0 Å². The first-order chi connectivity index (χ1) is 12.6. The first-order valence-corrected chi connectivity index (χ1v) is 10.3. The molecule has 1 aliphatic rings. The number of carbonyl (C=O) groups is 2. The number of aliphatic hydroxyl groups excluding tert-OH is 1. The van der Waals surface area contributed by atoms with Crippen LogP contribution in [0.25, 0.3) is 0 Å². The number of rotatable bonds is 15. The highest BCUT2D eigenvalue weighted by Gasteiger charge is 2.24. The summed E-state index contributed by atoms with van der Waals surface area (Å²) < 4.78 is 9.88. The molecule has 1 rings (SSSR count). The van der Waals surface area contributed by atoms with Gasteiger partial charge in [-0.25, -0.2) is 4.79 Å². The highest BCUT2D eigenvalue weighted by atomic mass is 16.6. The monoisotopic (exact) mass is 368 g/mol. The Morgan fingerprint density at radius 1 is 1.08 bits per heavy atom. The number of hydrogen-bond donors (Lipinski definition) is 1. The Bertz CT molecular complexity index is 444. The maximum absolute atomic E-state index is 12.2. The van der Waals surface area contributed by atoms with Crippen LogP contribution < -0.4 is 0 Å². The van der Waals surface area contributed by atoms with Gasteiger partial charge in [0.15, 0.2) is 0 Å². The summed E-state index contributed by atoms with van der Waals surface area (Å²) in [7, 11) is 0. The molecule has 2 unspecified atom stereocenters. The number of aliphatic hydroxyl groups is 1. The van der Waals surface area contributed by atoms with Crippen molar-refractivity contribution in [3.8, 4) is 0 Å². The van der Waals surface area contributed by atoms with Crippen molar-refractivity contribution < 1.29 is 24.2 Å². The second kappa shape index (κ2) is 13.8. The molecule has 0 aromatic rings. The van der Waals surface area contributed by atoms with E-state index in [1.165, 1.54) is 44.6 Å². The summed E-state index contributed by atoms with van der Waals surface area (Å²) in [6, 6.07) is 0. The minimum absolute atomic E-state index is 0.0918. The highest BCUT2D eigenvalue weighted by Crippen LogP contribution is 2.24. The van der Waals surface area contributed by atoms with Gasteiger partial charge in [-0.1, -0.05) is 58.3 Å². The maximum atomic E-state index is 12.2. The van der Waals surface area contributed by atoms with E-state index in [-0.39, 0.29) is 11.9 Å². The fourth-order valence-electron chi connectivity index (χ4n) is 3.36. The number of unbranched alkanes of at least 4 members (excludes halogenated alkanes) is 7. The molecular weight excluding hydrogens is 332 g/mol. The molecule has 5 heteroatoms. The fourth-order valence-corrected chi connectivity index (χ4v) is 3.36. The zero-order chi connectivity index (χ0) is 19.2. The van der Waals surface area contributed by atoms with Gasteiger partial charge >= 0.3 is 11.9 Å². The van der Waals surface area contributed by atoms with Gasteiger partial charge in [0.25, 0.3) is 0 Å². The normalized spacial score (nSPS) is 17.7. The Hall–Kier alpha value is -1.36. The van der Waals surface area contributed by atoms with Crippen LogP contribution in [0.15, 0.2) is 11.6 Å². The van der Waals surface area contributed by atoms with E-state index in [0.29, 0.717) is 25.0 Å². The summed E-state index contributed by atoms with van der Waals surface area (Å²) in [5.41, 5.74) is 0.602. The topological polar surface area (TPSA) is 72.8 Å². The lowest BCUT2D eigenvalue weighted by Crippen LogP contribution is -2.18. The van der Waals surface area contributed by atoms with Gasteiger partial charge in [0, 0.05) is 11.6 Å². The molecule has 2 atom stereocenters. The summed E-state index contributed by atoms with van der Waals surface area (Å²) >= 11 is 0. The summed E-state index contributed by atoms with van der Waals surface area (Å²) in [6.07, 6.45) is 13.1. The third-order valence-corrected chi connectivity index (χ3v) is 4.89. The third-order valence-electron chi connectivity index (χ3n) is 4.89. The number of ether oxygens (including phenoxy) is 2. The first-order valence-electron chi connectivity index (χ1n) is 10.3. The predicted octanol–water partition coefficient (Wildman–Crippen LogP) is 4.67. The van der Waals surface area contributed by atoms with Crippen LogP contribution >= 0.6 is 0 Å². The van der Waals surface area contributed by atoms with Crippen LogP contribution in [-0.4, -0.2) is 29.9 Å². The molecule has 0 aromatic carbocycles. The van der Waals surface area contributed by atoms with Gasteiger partial charge in [-0.3, -0.25) is 4.79 Å². The Balaban J connectivity index is 2.25. The minimum Gasteiger partial charge on any atom is -0.466 e. The van der Waals surface area contributed by atoms with Crippen LogP contribution in [0.2, 0.25) is 0 Å². The largest absolute Gasteiger partial charge is 0.466 e. The molecule has 0 aromatic heterocycles. The predicted molar refractivity (Wildman–Crippen MR) is 101 cm³/mol. The van der Waals surface area contributed by atoms with Gasteiger partial charge in [-0.2, -0.15) is 0 Å². The third kappa shape index (κ3) is 9.37. The van der Waals surface area contributed by atoms with Crippen molar-refractivity contribution in [2.75, 3.05) is 6.61 Å². The lowest BCUT2D eigenvalue weighted by atomic mass is 9.93. The molecule has 0 saturated carbocycles. The van der Waals surface area contributed by atoms with Gasteiger partial charge in [0.2, 0.25) is 6.29 Å². The standard InChI is InChI=1S/C21H36O5/c1-3-5-6-7-8-9-10-11-13-17(20(23)25-4-2)14-12-15-18-16-19(22)26-21(18)24/h16-17,21,24H,3-15H2,1-2H3. The van der Waals surface area contributed by atoms with E-state index >= 15 is 0 Å². The van der Waals surface area contributed by atoms with Crippen molar-refractivity contribution in [2.45, 2.75) is 97.2 Å². The molecule has 1 heterocycles. The number of hydrogen-bond acceptors (Lipinski definition) is 5. The van der Waals surface area contributed by atoms with E-state index < -0.39 is 12.3 Å². The molecule has 0 amide bonds. The van der Waals surface area contributed by atoms with Crippen LogP contribution in [0, 0.1) is 5.92 Å². The molecule has 1 N–H and O–H groups in total. The van der Waals surface area contributed by atoms with Gasteiger partial charge in [-0.15, -0.1) is 0 Å². The molecular formula is C21H36O5. The number of esters is 2. The second-order valence-electron chi connectivity index (χ2n) is 7.11. The molecule has 26 heavy (non-hydrogen) atoms. The van der Waals surface area contributed by atoms with Crippen LogP contribution in [0.3, 0.4) is 0 Å².